The van der Waals surface area contributed by atoms with E-state index in [0.29, 0.717) is 16.9 Å². The Morgan fingerprint density at radius 2 is 1.96 bits per heavy atom. The maximum absolute atomic E-state index is 12.2. The monoisotopic (exact) mass is 351 g/mol. The number of hydrogen-bond donors (Lipinski definition) is 1. The summed E-state index contributed by atoms with van der Waals surface area (Å²) in [6, 6.07) is 12.2. The Labute approximate surface area is 149 Å². The molecule has 0 atom stereocenters. The van der Waals surface area contributed by atoms with Crippen LogP contribution in [-0.2, 0) is 9.53 Å². The van der Waals surface area contributed by atoms with Crippen LogP contribution in [-0.4, -0.2) is 38.7 Å². The van der Waals surface area contributed by atoms with Crippen molar-refractivity contribution in [2.24, 2.45) is 0 Å². The van der Waals surface area contributed by atoms with Gasteiger partial charge in [-0.25, -0.2) is 9.48 Å². The second-order valence-electron chi connectivity index (χ2n) is 5.68. The molecule has 0 aliphatic carbocycles. The summed E-state index contributed by atoms with van der Waals surface area (Å²) in [6.07, 6.45) is 1.42. The van der Waals surface area contributed by atoms with Gasteiger partial charge in [0.2, 0.25) is 0 Å². The number of ether oxygens (including phenoxy) is 1. The Kier molecular flexibility index (Phi) is 5.02. The molecule has 0 bridgehead atoms. The zero-order chi connectivity index (χ0) is 18.5. The van der Waals surface area contributed by atoms with E-state index in [0.717, 1.165) is 11.1 Å². The highest BCUT2D eigenvalue weighted by molar-refractivity contribution is 5.96. The third-order valence-electron chi connectivity index (χ3n) is 3.91. The number of esters is 1. The fourth-order valence-corrected chi connectivity index (χ4v) is 2.34. The maximum Gasteiger partial charge on any atom is 0.338 e. The first-order chi connectivity index (χ1) is 12.5. The molecule has 0 spiro atoms. The second kappa shape index (κ2) is 7.56. The number of hydrogen-bond acceptors (Lipinski definition) is 6. The Bertz CT molecular complexity index is 938. The van der Waals surface area contributed by atoms with Gasteiger partial charge in [-0.15, -0.1) is 5.10 Å². The van der Waals surface area contributed by atoms with Gasteiger partial charge in [0.1, 0.15) is 6.33 Å². The van der Waals surface area contributed by atoms with E-state index in [2.05, 4.69) is 20.8 Å². The molecule has 0 unspecified atom stereocenters. The summed E-state index contributed by atoms with van der Waals surface area (Å²) >= 11 is 0. The minimum absolute atomic E-state index is 0.303. The van der Waals surface area contributed by atoms with Crippen LogP contribution in [0.5, 0.6) is 0 Å². The van der Waals surface area contributed by atoms with Crippen molar-refractivity contribution < 1.29 is 14.3 Å². The molecule has 2 aromatic carbocycles. The summed E-state index contributed by atoms with van der Waals surface area (Å²) in [7, 11) is 0. The minimum Gasteiger partial charge on any atom is -0.452 e. The second-order valence-corrected chi connectivity index (χ2v) is 5.68. The topological polar surface area (TPSA) is 99.0 Å². The van der Waals surface area contributed by atoms with Crippen molar-refractivity contribution in [2.45, 2.75) is 13.8 Å². The fourth-order valence-electron chi connectivity index (χ4n) is 2.34. The molecule has 26 heavy (non-hydrogen) atoms. The molecule has 132 valence electrons. The number of amides is 1. The van der Waals surface area contributed by atoms with Gasteiger partial charge in [0.25, 0.3) is 5.91 Å². The quantitative estimate of drug-likeness (QED) is 0.707. The highest BCUT2D eigenvalue weighted by Gasteiger charge is 2.12. The van der Waals surface area contributed by atoms with Crippen LogP contribution in [0, 0.1) is 13.8 Å². The van der Waals surface area contributed by atoms with Crippen LogP contribution < -0.4 is 5.32 Å². The minimum atomic E-state index is -0.601. The Morgan fingerprint density at radius 3 is 2.73 bits per heavy atom. The number of rotatable bonds is 5. The van der Waals surface area contributed by atoms with E-state index in [4.69, 9.17) is 4.74 Å². The Hall–Kier alpha value is -3.55. The first kappa shape index (κ1) is 17.3. The van der Waals surface area contributed by atoms with Crippen molar-refractivity contribution in [3.8, 4) is 5.69 Å². The number of carbonyl (C=O) groups is 2. The smallest absolute Gasteiger partial charge is 0.338 e. The summed E-state index contributed by atoms with van der Waals surface area (Å²) < 4.78 is 6.51. The van der Waals surface area contributed by atoms with Crippen molar-refractivity contribution in [3.05, 3.63) is 65.5 Å². The summed E-state index contributed by atoms with van der Waals surface area (Å²) in [4.78, 5) is 24.2. The van der Waals surface area contributed by atoms with Gasteiger partial charge < -0.3 is 10.1 Å². The van der Waals surface area contributed by atoms with E-state index in [1.807, 2.05) is 26.0 Å². The molecule has 1 heterocycles. The summed E-state index contributed by atoms with van der Waals surface area (Å²) in [5.74, 6) is -1.00. The normalized spacial score (nSPS) is 10.4. The van der Waals surface area contributed by atoms with Crippen LogP contribution >= 0.6 is 0 Å². The molecule has 0 radical (unpaired) electrons. The van der Waals surface area contributed by atoms with Crippen molar-refractivity contribution in [2.75, 3.05) is 11.9 Å². The molecule has 1 N–H and O–H groups in total. The predicted octanol–water partition coefficient (Wildman–Crippen LogP) is 2.07. The molecule has 1 aromatic heterocycles. The van der Waals surface area contributed by atoms with E-state index < -0.39 is 11.9 Å². The van der Waals surface area contributed by atoms with Crippen LogP contribution in [0.25, 0.3) is 5.69 Å². The van der Waals surface area contributed by atoms with Crippen molar-refractivity contribution in [1.29, 1.82) is 0 Å². The van der Waals surface area contributed by atoms with Gasteiger partial charge in [-0.1, -0.05) is 18.2 Å². The van der Waals surface area contributed by atoms with Gasteiger partial charge in [0, 0.05) is 5.69 Å². The lowest BCUT2D eigenvalue weighted by Gasteiger charge is -2.11. The van der Waals surface area contributed by atoms with Crippen molar-refractivity contribution in [1.82, 2.24) is 20.2 Å². The number of tetrazole rings is 1. The number of nitrogens with zero attached hydrogens (tertiary/aromatic N) is 4. The lowest BCUT2D eigenvalue weighted by Crippen LogP contribution is -2.21. The molecule has 0 aliphatic rings. The van der Waals surface area contributed by atoms with E-state index >= 15 is 0 Å². The SMILES string of the molecule is Cc1cccc(NC(=O)COC(=O)c2cccc(-n3cnnn3)c2)c1C. The number of carbonyl (C=O) groups excluding carboxylic acids is 2. The highest BCUT2D eigenvalue weighted by Crippen LogP contribution is 2.17. The van der Waals surface area contributed by atoms with E-state index in [1.54, 1.807) is 30.3 Å². The van der Waals surface area contributed by atoms with Gasteiger partial charge in [-0.3, -0.25) is 4.79 Å². The molecule has 8 nitrogen and oxygen atoms in total. The number of aryl methyl sites for hydroxylation is 1. The van der Waals surface area contributed by atoms with Crippen LogP contribution in [0.3, 0.4) is 0 Å². The molecule has 0 fully saturated rings. The number of nitrogens with one attached hydrogen (secondary N) is 1. The first-order valence-corrected chi connectivity index (χ1v) is 7.91. The average Bonchev–Trinajstić information content (AvgIpc) is 3.18. The predicted molar refractivity (Wildman–Crippen MR) is 94.0 cm³/mol. The van der Waals surface area contributed by atoms with Crippen LogP contribution in [0.4, 0.5) is 5.69 Å². The lowest BCUT2D eigenvalue weighted by molar-refractivity contribution is -0.119. The molecule has 3 rings (SSSR count). The molecule has 1 amide bonds. The maximum atomic E-state index is 12.2. The highest BCUT2D eigenvalue weighted by atomic mass is 16.5. The van der Waals surface area contributed by atoms with E-state index in [1.165, 1.54) is 11.0 Å². The van der Waals surface area contributed by atoms with Gasteiger partial charge in [0.05, 0.1) is 11.3 Å². The standard InChI is InChI=1S/C18H17N5O3/c1-12-5-3-8-16(13(12)2)20-17(24)10-26-18(25)14-6-4-7-15(9-14)23-11-19-21-22-23/h3-9,11H,10H2,1-2H3,(H,20,24). The summed E-state index contributed by atoms with van der Waals surface area (Å²) in [5.41, 5.74) is 3.66. The van der Waals surface area contributed by atoms with Crippen LogP contribution in [0.2, 0.25) is 0 Å². The molecule has 0 saturated heterocycles. The van der Waals surface area contributed by atoms with Gasteiger partial charge in [-0.2, -0.15) is 0 Å². The third kappa shape index (κ3) is 3.92. The zero-order valence-electron chi connectivity index (χ0n) is 14.3. The number of aromatic nitrogens is 4. The van der Waals surface area contributed by atoms with E-state index in [-0.39, 0.29) is 6.61 Å². The summed E-state index contributed by atoms with van der Waals surface area (Å²) in [6.45, 7) is 3.51. The largest absolute Gasteiger partial charge is 0.452 e. The lowest BCUT2D eigenvalue weighted by atomic mass is 10.1. The first-order valence-electron chi connectivity index (χ1n) is 7.91. The molecular weight excluding hydrogens is 334 g/mol. The third-order valence-corrected chi connectivity index (χ3v) is 3.91. The van der Waals surface area contributed by atoms with Crippen molar-refractivity contribution >= 4 is 17.6 Å². The number of anilines is 1. The number of benzene rings is 2. The zero-order valence-corrected chi connectivity index (χ0v) is 14.3. The molecule has 0 saturated carbocycles. The molecule has 3 aromatic rings. The average molecular weight is 351 g/mol. The Balaban J connectivity index is 1.61. The van der Waals surface area contributed by atoms with Gasteiger partial charge >= 0.3 is 5.97 Å². The van der Waals surface area contributed by atoms with Gasteiger partial charge in [0.15, 0.2) is 6.61 Å². The molecule has 0 aliphatic heterocycles. The Morgan fingerprint density at radius 1 is 1.15 bits per heavy atom. The molecular formula is C18H17N5O3. The van der Waals surface area contributed by atoms with Crippen LogP contribution in [0.15, 0.2) is 48.8 Å². The molecule has 8 heteroatoms. The van der Waals surface area contributed by atoms with Crippen LogP contribution in [0.1, 0.15) is 21.5 Å². The van der Waals surface area contributed by atoms with Crippen molar-refractivity contribution in [3.63, 3.8) is 0 Å². The van der Waals surface area contributed by atoms with E-state index in [9.17, 15) is 9.59 Å². The summed E-state index contributed by atoms with van der Waals surface area (Å²) in [5, 5.41) is 13.6. The van der Waals surface area contributed by atoms with Gasteiger partial charge in [-0.05, 0) is 59.7 Å². The fraction of sp³-hybridized carbons (Fsp3) is 0.167.